The molecule has 1 aliphatic heterocycles. The van der Waals surface area contributed by atoms with Crippen molar-refractivity contribution >= 4 is 5.91 Å². The minimum atomic E-state index is -0.0431. The molecular weight excluding hydrogens is 306 g/mol. The Labute approximate surface area is 140 Å². The summed E-state index contributed by atoms with van der Waals surface area (Å²) in [7, 11) is 1.69. The molecule has 2 heterocycles. The van der Waals surface area contributed by atoms with Crippen molar-refractivity contribution in [3.8, 4) is 5.69 Å². The molecule has 0 unspecified atom stereocenters. The Morgan fingerprint density at radius 1 is 1.42 bits per heavy atom. The molecule has 2 fully saturated rings. The lowest BCUT2D eigenvalue weighted by Crippen LogP contribution is -2.62. The Balaban J connectivity index is 1.44. The molecule has 1 aromatic heterocycles. The number of amides is 1. The van der Waals surface area contributed by atoms with Gasteiger partial charge in [-0.15, -0.1) is 0 Å². The fourth-order valence-electron chi connectivity index (χ4n) is 3.86. The summed E-state index contributed by atoms with van der Waals surface area (Å²) < 4.78 is 12.8. The number of fused-ring (bicyclic) bond motifs is 1. The standard InChI is InChI=1S/C18H21N3O3/c1-23-11-15-16(14-7-10-24-17(14)15)20-18(22)12-3-5-13(6-4-12)21-9-2-8-19-21/h2-6,8-9,14-17H,7,10-11H2,1H3,(H,20,22)/t14-,15+,16+,17-/m0/s1. The molecule has 4 atom stereocenters. The van der Waals surface area contributed by atoms with E-state index in [9.17, 15) is 4.79 Å². The molecule has 0 spiro atoms. The molecule has 6 heteroatoms. The van der Waals surface area contributed by atoms with Crippen molar-refractivity contribution in [2.24, 2.45) is 11.8 Å². The van der Waals surface area contributed by atoms with Crippen LogP contribution in [0.1, 0.15) is 16.8 Å². The number of nitrogens with zero attached hydrogens (tertiary/aromatic N) is 2. The number of carbonyl (C=O) groups is 1. The number of benzene rings is 1. The van der Waals surface area contributed by atoms with Gasteiger partial charge >= 0.3 is 0 Å². The van der Waals surface area contributed by atoms with Crippen LogP contribution in [0, 0.1) is 11.8 Å². The van der Waals surface area contributed by atoms with E-state index in [1.54, 1.807) is 18.0 Å². The van der Waals surface area contributed by atoms with Gasteiger partial charge in [-0.05, 0) is 36.8 Å². The Hall–Kier alpha value is -2.18. The minimum absolute atomic E-state index is 0.0431. The number of carbonyl (C=O) groups excluding carboxylic acids is 1. The normalized spacial score (nSPS) is 28.2. The zero-order valence-corrected chi connectivity index (χ0v) is 13.6. The number of ether oxygens (including phenoxy) is 2. The van der Waals surface area contributed by atoms with Gasteiger partial charge in [-0.1, -0.05) is 0 Å². The van der Waals surface area contributed by atoms with Crippen molar-refractivity contribution in [2.75, 3.05) is 20.3 Å². The van der Waals surface area contributed by atoms with E-state index in [1.165, 1.54) is 0 Å². The van der Waals surface area contributed by atoms with Gasteiger partial charge in [0.25, 0.3) is 5.91 Å². The van der Waals surface area contributed by atoms with Gasteiger partial charge in [-0.2, -0.15) is 5.10 Å². The summed E-state index contributed by atoms with van der Waals surface area (Å²) in [5.41, 5.74) is 1.59. The summed E-state index contributed by atoms with van der Waals surface area (Å²) in [5, 5.41) is 7.36. The molecule has 24 heavy (non-hydrogen) atoms. The SMILES string of the molecule is COC[C@@H]1[C@H](NC(=O)c2ccc(-n3cccn3)cc2)[C@@H]2CCO[C@H]12. The summed E-state index contributed by atoms with van der Waals surface area (Å²) in [6.45, 7) is 1.39. The van der Waals surface area contributed by atoms with Crippen LogP contribution in [0.5, 0.6) is 0 Å². The first-order chi connectivity index (χ1) is 11.8. The number of hydrogen-bond donors (Lipinski definition) is 1. The van der Waals surface area contributed by atoms with Crippen LogP contribution in [0.4, 0.5) is 0 Å². The van der Waals surface area contributed by atoms with E-state index in [2.05, 4.69) is 10.4 Å². The van der Waals surface area contributed by atoms with Gasteiger partial charge in [0.15, 0.2) is 0 Å². The lowest BCUT2D eigenvalue weighted by molar-refractivity contribution is -0.0809. The van der Waals surface area contributed by atoms with E-state index in [-0.39, 0.29) is 24.0 Å². The molecule has 4 rings (SSSR count). The monoisotopic (exact) mass is 327 g/mol. The van der Waals surface area contributed by atoms with E-state index in [4.69, 9.17) is 9.47 Å². The van der Waals surface area contributed by atoms with Crippen molar-refractivity contribution in [3.05, 3.63) is 48.3 Å². The van der Waals surface area contributed by atoms with Crippen molar-refractivity contribution in [2.45, 2.75) is 18.6 Å². The third-order valence-corrected chi connectivity index (χ3v) is 5.08. The maximum Gasteiger partial charge on any atom is 0.251 e. The molecular formula is C18H21N3O3. The maximum atomic E-state index is 12.6. The molecule has 1 aliphatic carbocycles. The highest BCUT2D eigenvalue weighted by Crippen LogP contribution is 2.43. The fourth-order valence-corrected chi connectivity index (χ4v) is 3.86. The second-order valence-corrected chi connectivity index (χ2v) is 6.40. The number of hydrogen-bond acceptors (Lipinski definition) is 4. The first-order valence-corrected chi connectivity index (χ1v) is 8.29. The first kappa shape index (κ1) is 15.4. The fraction of sp³-hybridized carbons (Fsp3) is 0.444. The molecule has 1 aromatic carbocycles. The van der Waals surface area contributed by atoms with Gasteiger partial charge in [-0.3, -0.25) is 4.79 Å². The van der Waals surface area contributed by atoms with Crippen molar-refractivity contribution in [3.63, 3.8) is 0 Å². The molecule has 6 nitrogen and oxygen atoms in total. The van der Waals surface area contributed by atoms with E-state index in [1.807, 2.05) is 36.5 Å². The van der Waals surface area contributed by atoms with Crippen LogP contribution in [-0.2, 0) is 9.47 Å². The van der Waals surface area contributed by atoms with Crippen molar-refractivity contribution < 1.29 is 14.3 Å². The summed E-state index contributed by atoms with van der Waals surface area (Å²) in [4.78, 5) is 12.6. The molecule has 2 aromatic rings. The second kappa shape index (κ2) is 6.37. The summed E-state index contributed by atoms with van der Waals surface area (Å²) >= 11 is 0. The van der Waals surface area contributed by atoms with Crippen LogP contribution in [0.25, 0.3) is 5.69 Å². The highest BCUT2D eigenvalue weighted by molar-refractivity contribution is 5.94. The van der Waals surface area contributed by atoms with Gasteiger partial charge < -0.3 is 14.8 Å². The van der Waals surface area contributed by atoms with Crippen LogP contribution < -0.4 is 5.32 Å². The van der Waals surface area contributed by atoms with Crippen LogP contribution >= 0.6 is 0 Å². The lowest BCUT2D eigenvalue weighted by atomic mass is 9.67. The number of rotatable bonds is 5. The van der Waals surface area contributed by atoms with Gasteiger partial charge in [0.05, 0.1) is 18.4 Å². The van der Waals surface area contributed by atoms with Crippen molar-refractivity contribution in [1.82, 2.24) is 15.1 Å². The topological polar surface area (TPSA) is 65.4 Å². The largest absolute Gasteiger partial charge is 0.384 e. The van der Waals surface area contributed by atoms with E-state index < -0.39 is 0 Å². The maximum absolute atomic E-state index is 12.6. The van der Waals surface area contributed by atoms with E-state index >= 15 is 0 Å². The number of methoxy groups -OCH3 is 1. The molecule has 2 aliphatic rings. The first-order valence-electron chi connectivity index (χ1n) is 8.29. The van der Waals surface area contributed by atoms with Gasteiger partial charge in [0.1, 0.15) is 0 Å². The molecule has 1 saturated carbocycles. The quantitative estimate of drug-likeness (QED) is 0.907. The zero-order chi connectivity index (χ0) is 16.5. The Morgan fingerprint density at radius 3 is 2.96 bits per heavy atom. The molecule has 126 valence electrons. The average molecular weight is 327 g/mol. The van der Waals surface area contributed by atoms with E-state index in [0.717, 1.165) is 18.7 Å². The van der Waals surface area contributed by atoms with Crippen LogP contribution in [0.15, 0.2) is 42.7 Å². The molecule has 1 N–H and O–H groups in total. The Morgan fingerprint density at radius 2 is 2.25 bits per heavy atom. The second-order valence-electron chi connectivity index (χ2n) is 6.40. The van der Waals surface area contributed by atoms with Crippen molar-refractivity contribution in [1.29, 1.82) is 0 Å². The van der Waals surface area contributed by atoms with Crippen LogP contribution in [-0.4, -0.2) is 48.2 Å². The Bertz CT molecular complexity index is 699. The number of nitrogens with one attached hydrogen (secondary N) is 1. The van der Waals surface area contributed by atoms with Crippen LogP contribution in [0.3, 0.4) is 0 Å². The molecule has 0 bridgehead atoms. The summed E-state index contributed by atoms with van der Waals surface area (Å²) in [5.74, 6) is 0.616. The van der Waals surface area contributed by atoms with Crippen LogP contribution in [0.2, 0.25) is 0 Å². The highest BCUT2D eigenvalue weighted by Gasteiger charge is 2.54. The number of aromatic nitrogens is 2. The van der Waals surface area contributed by atoms with Gasteiger partial charge in [0, 0.05) is 49.6 Å². The minimum Gasteiger partial charge on any atom is -0.384 e. The summed E-state index contributed by atoms with van der Waals surface area (Å²) in [6.07, 6.45) is 4.85. The Kier molecular flexibility index (Phi) is 4.08. The smallest absolute Gasteiger partial charge is 0.251 e. The van der Waals surface area contributed by atoms with Gasteiger partial charge in [-0.25, -0.2) is 4.68 Å². The third-order valence-electron chi connectivity index (χ3n) is 5.08. The van der Waals surface area contributed by atoms with Gasteiger partial charge in [0.2, 0.25) is 0 Å². The zero-order valence-electron chi connectivity index (χ0n) is 13.6. The third kappa shape index (κ3) is 2.61. The highest BCUT2D eigenvalue weighted by atomic mass is 16.5. The molecule has 1 saturated heterocycles. The molecule has 1 amide bonds. The summed E-state index contributed by atoms with van der Waals surface area (Å²) in [6, 6.07) is 9.47. The average Bonchev–Trinajstić information content (AvgIpc) is 3.28. The molecule has 0 radical (unpaired) electrons. The van der Waals surface area contributed by atoms with E-state index in [0.29, 0.717) is 18.1 Å². The predicted octanol–water partition coefficient (Wildman–Crippen LogP) is 1.65. The lowest BCUT2D eigenvalue weighted by Gasteiger charge is -2.47. The predicted molar refractivity (Wildman–Crippen MR) is 88.0 cm³/mol.